The standard InChI is InChI=1S/C36H47N3O/c40-36(37-35-19-11-4-12-20-35)39(28-32-17-9-3-10-18-32)29-34-23-21-33(22-24-34)27-38(25-30-13-5-1-6-14-30)26-31-15-7-2-8-16-31/h1-2,4-8,11-16,19-20,32-34H,3,9-10,17-18,21-29H2,(H,37,40). The van der Waals surface area contributed by atoms with E-state index in [1.165, 1.54) is 68.9 Å². The summed E-state index contributed by atoms with van der Waals surface area (Å²) in [6.07, 6.45) is 11.4. The maximum Gasteiger partial charge on any atom is 0.321 e. The number of carbonyl (C=O) groups excluding carboxylic acids is 1. The number of benzene rings is 3. The minimum atomic E-state index is 0.0794. The van der Waals surface area contributed by atoms with Crippen molar-refractivity contribution in [3.8, 4) is 0 Å². The summed E-state index contributed by atoms with van der Waals surface area (Å²) in [6.45, 7) is 4.91. The van der Waals surface area contributed by atoms with Crippen molar-refractivity contribution in [2.75, 3.05) is 25.0 Å². The van der Waals surface area contributed by atoms with E-state index in [2.05, 4.69) is 75.8 Å². The van der Waals surface area contributed by atoms with Gasteiger partial charge in [0.1, 0.15) is 0 Å². The first-order valence-electron chi connectivity index (χ1n) is 15.6. The van der Waals surface area contributed by atoms with Crippen LogP contribution in [0.15, 0.2) is 91.0 Å². The minimum absolute atomic E-state index is 0.0794. The molecule has 0 heterocycles. The molecule has 2 saturated carbocycles. The van der Waals surface area contributed by atoms with Gasteiger partial charge in [-0.1, -0.05) is 98.1 Å². The van der Waals surface area contributed by atoms with Crippen LogP contribution in [0.3, 0.4) is 0 Å². The molecule has 3 aromatic carbocycles. The molecule has 0 unspecified atom stereocenters. The van der Waals surface area contributed by atoms with Gasteiger partial charge >= 0.3 is 6.03 Å². The maximum atomic E-state index is 13.4. The third kappa shape index (κ3) is 8.96. The lowest BCUT2D eigenvalue weighted by Gasteiger charge is -2.36. The van der Waals surface area contributed by atoms with Gasteiger partial charge < -0.3 is 10.2 Å². The first-order chi connectivity index (χ1) is 19.7. The SMILES string of the molecule is O=C(Nc1ccccc1)N(CC1CCCCC1)CC1CCC(CN(Cc2ccccc2)Cc2ccccc2)CC1. The molecule has 0 radical (unpaired) electrons. The Kier molecular flexibility index (Phi) is 10.7. The van der Waals surface area contributed by atoms with Crippen LogP contribution in [0.1, 0.15) is 68.9 Å². The number of nitrogens with one attached hydrogen (secondary N) is 1. The number of para-hydroxylation sites is 1. The number of hydrogen-bond acceptors (Lipinski definition) is 2. The fraction of sp³-hybridized carbons (Fsp3) is 0.472. The molecule has 4 heteroatoms. The largest absolute Gasteiger partial charge is 0.324 e. The van der Waals surface area contributed by atoms with Gasteiger partial charge in [0.25, 0.3) is 0 Å². The molecule has 2 aliphatic rings. The summed E-state index contributed by atoms with van der Waals surface area (Å²) >= 11 is 0. The zero-order valence-corrected chi connectivity index (χ0v) is 24.1. The van der Waals surface area contributed by atoms with E-state index in [-0.39, 0.29) is 6.03 Å². The summed E-state index contributed by atoms with van der Waals surface area (Å²) in [7, 11) is 0. The zero-order chi connectivity index (χ0) is 27.4. The third-order valence-electron chi connectivity index (χ3n) is 8.97. The first-order valence-corrected chi connectivity index (χ1v) is 15.6. The van der Waals surface area contributed by atoms with E-state index in [0.29, 0.717) is 17.8 Å². The Bertz CT molecular complexity index is 1080. The Morgan fingerprint density at radius 3 is 1.55 bits per heavy atom. The Labute approximate surface area is 241 Å². The Morgan fingerprint density at radius 2 is 1.02 bits per heavy atom. The Balaban J connectivity index is 1.17. The molecule has 0 spiro atoms. The van der Waals surface area contributed by atoms with Gasteiger partial charge in [-0.3, -0.25) is 4.90 Å². The van der Waals surface area contributed by atoms with Gasteiger partial charge in [0.15, 0.2) is 0 Å². The van der Waals surface area contributed by atoms with Crippen LogP contribution in [0.5, 0.6) is 0 Å². The van der Waals surface area contributed by atoms with Gasteiger partial charge in [-0.2, -0.15) is 0 Å². The number of anilines is 1. The normalized spacial score (nSPS) is 19.8. The van der Waals surface area contributed by atoms with Gasteiger partial charge in [0.2, 0.25) is 0 Å². The molecule has 5 rings (SSSR count). The van der Waals surface area contributed by atoms with Crippen LogP contribution in [-0.2, 0) is 13.1 Å². The molecule has 0 bridgehead atoms. The van der Waals surface area contributed by atoms with Crippen molar-refractivity contribution in [3.63, 3.8) is 0 Å². The van der Waals surface area contributed by atoms with Crippen LogP contribution in [0.4, 0.5) is 10.5 Å². The van der Waals surface area contributed by atoms with Gasteiger partial charge in [-0.15, -0.1) is 0 Å². The van der Waals surface area contributed by atoms with Crippen molar-refractivity contribution in [1.82, 2.24) is 9.80 Å². The van der Waals surface area contributed by atoms with E-state index >= 15 is 0 Å². The molecular formula is C36H47N3O. The van der Waals surface area contributed by atoms with Crippen LogP contribution in [0, 0.1) is 17.8 Å². The molecule has 2 amide bonds. The highest BCUT2D eigenvalue weighted by molar-refractivity contribution is 5.89. The third-order valence-corrected chi connectivity index (χ3v) is 8.97. The number of carbonyl (C=O) groups is 1. The Morgan fingerprint density at radius 1 is 0.575 bits per heavy atom. The summed E-state index contributed by atoms with van der Waals surface area (Å²) in [5, 5.41) is 3.18. The quantitative estimate of drug-likeness (QED) is 0.266. The molecule has 0 saturated heterocycles. The molecule has 2 aliphatic carbocycles. The van der Waals surface area contributed by atoms with E-state index < -0.39 is 0 Å². The average molecular weight is 538 g/mol. The lowest BCUT2D eigenvalue weighted by molar-refractivity contribution is 0.140. The second-order valence-corrected chi connectivity index (χ2v) is 12.2. The summed E-state index contributed by atoms with van der Waals surface area (Å²) in [4.78, 5) is 18.2. The summed E-state index contributed by atoms with van der Waals surface area (Å²) in [5.74, 6) is 1.96. The lowest BCUT2D eigenvalue weighted by atomic mass is 9.81. The van der Waals surface area contributed by atoms with Crippen molar-refractivity contribution in [1.29, 1.82) is 0 Å². The van der Waals surface area contributed by atoms with Crippen molar-refractivity contribution in [3.05, 3.63) is 102 Å². The predicted molar refractivity (Wildman–Crippen MR) is 166 cm³/mol. The monoisotopic (exact) mass is 537 g/mol. The predicted octanol–water partition coefficient (Wildman–Crippen LogP) is 8.61. The molecule has 0 aromatic heterocycles. The summed E-state index contributed by atoms with van der Waals surface area (Å²) < 4.78 is 0. The van der Waals surface area contributed by atoms with Gasteiger partial charge in [0, 0.05) is 38.4 Å². The lowest BCUT2D eigenvalue weighted by Crippen LogP contribution is -2.42. The number of rotatable bonds is 11. The van der Waals surface area contributed by atoms with Crippen molar-refractivity contribution in [2.45, 2.75) is 70.9 Å². The maximum absolute atomic E-state index is 13.4. The summed E-state index contributed by atoms with van der Waals surface area (Å²) in [6, 6.07) is 31.8. The number of nitrogens with zero attached hydrogens (tertiary/aromatic N) is 2. The fourth-order valence-electron chi connectivity index (χ4n) is 6.79. The second-order valence-electron chi connectivity index (χ2n) is 12.2. The molecule has 40 heavy (non-hydrogen) atoms. The fourth-order valence-corrected chi connectivity index (χ4v) is 6.79. The highest BCUT2D eigenvalue weighted by Gasteiger charge is 2.28. The number of amides is 2. The van der Waals surface area contributed by atoms with Crippen molar-refractivity contribution < 1.29 is 4.79 Å². The molecule has 212 valence electrons. The van der Waals surface area contributed by atoms with Crippen molar-refractivity contribution >= 4 is 11.7 Å². The number of urea groups is 1. The second kappa shape index (κ2) is 15.0. The van der Waals surface area contributed by atoms with E-state index in [0.717, 1.165) is 38.4 Å². The molecule has 0 aliphatic heterocycles. The molecule has 4 nitrogen and oxygen atoms in total. The number of hydrogen-bond donors (Lipinski definition) is 1. The molecule has 1 N–H and O–H groups in total. The van der Waals surface area contributed by atoms with E-state index in [1.54, 1.807) is 0 Å². The Hall–Kier alpha value is -3.11. The molecule has 2 fully saturated rings. The smallest absolute Gasteiger partial charge is 0.321 e. The first kappa shape index (κ1) is 28.4. The van der Waals surface area contributed by atoms with Crippen LogP contribution < -0.4 is 5.32 Å². The van der Waals surface area contributed by atoms with Crippen LogP contribution in [0.25, 0.3) is 0 Å². The van der Waals surface area contributed by atoms with Crippen molar-refractivity contribution in [2.24, 2.45) is 17.8 Å². The van der Waals surface area contributed by atoms with Crippen LogP contribution in [-0.4, -0.2) is 35.5 Å². The van der Waals surface area contributed by atoms with E-state index in [4.69, 9.17) is 0 Å². The van der Waals surface area contributed by atoms with Gasteiger partial charge in [-0.05, 0) is 79.5 Å². The van der Waals surface area contributed by atoms with E-state index in [9.17, 15) is 4.79 Å². The zero-order valence-electron chi connectivity index (χ0n) is 24.1. The summed E-state index contributed by atoms with van der Waals surface area (Å²) in [5.41, 5.74) is 3.66. The molecule has 0 atom stereocenters. The average Bonchev–Trinajstić information content (AvgIpc) is 3.00. The highest BCUT2D eigenvalue weighted by atomic mass is 16.2. The van der Waals surface area contributed by atoms with E-state index in [1.807, 2.05) is 30.3 Å². The van der Waals surface area contributed by atoms with Crippen LogP contribution in [0.2, 0.25) is 0 Å². The minimum Gasteiger partial charge on any atom is -0.324 e. The highest BCUT2D eigenvalue weighted by Crippen LogP contribution is 2.32. The van der Waals surface area contributed by atoms with Gasteiger partial charge in [-0.25, -0.2) is 4.79 Å². The van der Waals surface area contributed by atoms with Crippen LogP contribution >= 0.6 is 0 Å². The van der Waals surface area contributed by atoms with Gasteiger partial charge in [0.05, 0.1) is 0 Å². The topological polar surface area (TPSA) is 35.6 Å². The molecule has 3 aromatic rings. The molecular weight excluding hydrogens is 490 g/mol.